The first-order valence-corrected chi connectivity index (χ1v) is 43.7. The van der Waals surface area contributed by atoms with Crippen molar-refractivity contribution in [3.05, 3.63) is 0 Å². The molecule has 0 saturated heterocycles. The monoisotopic (exact) mass is 1440 g/mol. The standard InChI is InChI=1S/C79H154O17P2/c1-9-72(8)58-50-42-37-38-44-52-60-77(82)90-66-75(96-79(84)62-54-46-36-30-24-27-33-41-49-57-71(6)7)68-94-98(87,88)92-64-73(80)63-91-97(85,86)93-67-74(95-78(83)61-53-45-35-29-23-19-18-21-26-32-40-48-56-70(4)5)65-89-76(81)59-51-43-34-28-22-17-15-13-11-10-12-14-16-20-25-31-39-47-55-69(2)3/h69-75,80H,9-68H2,1-8H3,(H,85,86)(H,87,88)/t72?,73-,74-,75-/m1/s1. The van der Waals surface area contributed by atoms with Crippen LogP contribution in [0.4, 0.5) is 0 Å². The highest BCUT2D eigenvalue weighted by atomic mass is 31.2. The zero-order valence-corrected chi connectivity index (χ0v) is 66.2. The molecule has 0 saturated carbocycles. The Labute approximate surface area is 600 Å². The van der Waals surface area contributed by atoms with Crippen molar-refractivity contribution < 1.29 is 80.2 Å². The molecule has 582 valence electrons. The lowest BCUT2D eigenvalue weighted by atomic mass is 10.00. The van der Waals surface area contributed by atoms with Crippen molar-refractivity contribution in [2.75, 3.05) is 39.6 Å². The average Bonchev–Trinajstić information content (AvgIpc) is 1.20. The number of unbranched alkanes of at least 4 members (excludes halogenated alkanes) is 41. The van der Waals surface area contributed by atoms with Crippen LogP contribution in [0.15, 0.2) is 0 Å². The Kier molecular flexibility index (Phi) is 66.8. The number of carbonyl (C=O) groups excluding carboxylic acids is 4. The van der Waals surface area contributed by atoms with Crippen LogP contribution < -0.4 is 0 Å². The normalized spacial score (nSPS) is 14.3. The average molecular weight is 1440 g/mol. The van der Waals surface area contributed by atoms with Crippen LogP contribution >= 0.6 is 15.6 Å². The summed E-state index contributed by atoms with van der Waals surface area (Å²) in [6.07, 6.45) is 54.3. The SMILES string of the molecule is CCC(C)CCCCCCCCC(=O)OC[C@H](COP(=O)(O)OC[C@H](O)COP(=O)(O)OC[C@@H](COC(=O)CCCCCCCCCCCCCCCCCCCCC(C)C)OC(=O)CCCCCCCCCCCCCCC(C)C)OC(=O)CCCCCCCCCCCC(C)C. The third-order valence-corrected chi connectivity index (χ3v) is 20.6. The molecular formula is C79H154O17P2. The maximum absolute atomic E-state index is 13.1. The van der Waals surface area contributed by atoms with E-state index in [9.17, 15) is 43.2 Å². The van der Waals surface area contributed by atoms with Gasteiger partial charge in [0.15, 0.2) is 12.2 Å². The van der Waals surface area contributed by atoms with Crippen LogP contribution in [0.5, 0.6) is 0 Å². The number of phosphoric acid groups is 2. The maximum atomic E-state index is 13.1. The molecule has 0 amide bonds. The van der Waals surface area contributed by atoms with Crippen LogP contribution in [0.2, 0.25) is 0 Å². The largest absolute Gasteiger partial charge is 0.472 e. The third kappa shape index (κ3) is 71.1. The Bertz CT molecular complexity index is 1920. The molecule has 3 N–H and O–H groups in total. The van der Waals surface area contributed by atoms with E-state index in [0.717, 1.165) is 120 Å². The van der Waals surface area contributed by atoms with Crippen molar-refractivity contribution in [1.29, 1.82) is 0 Å². The zero-order valence-electron chi connectivity index (χ0n) is 64.4. The predicted octanol–water partition coefficient (Wildman–Crippen LogP) is 23.2. The Hall–Kier alpha value is -1.94. The number of aliphatic hydroxyl groups is 1. The molecule has 0 aliphatic rings. The summed E-state index contributed by atoms with van der Waals surface area (Å²) in [6.45, 7) is 14.2. The minimum atomic E-state index is -4.96. The summed E-state index contributed by atoms with van der Waals surface area (Å²) in [6, 6.07) is 0. The number of aliphatic hydroxyl groups excluding tert-OH is 1. The molecule has 17 nitrogen and oxygen atoms in total. The van der Waals surface area contributed by atoms with E-state index < -0.39 is 97.5 Å². The van der Waals surface area contributed by atoms with Crippen LogP contribution in [0.3, 0.4) is 0 Å². The van der Waals surface area contributed by atoms with E-state index in [0.29, 0.717) is 25.7 Å². The third-order valence-electron chi connectivity index (χ3n) is 18.7. The smallest absolute Gasteiger partial charge is 0.462 e. The maximum Gasteiger partial charge on any atom is 0.472 e. The Morgan fingerprint density at radius 3 is 0.724 bits per heavy atom. The molecule has 98 heavy (non-hydrogen) atoms. The van der Waals surface area contributed by atoms with Gasteiger partial charge in [-0.2, -0.15) is 0 Å². The molecule has 0 aliphatic heterocycles. The van der Waals surface area contributed by atoms with Gasteiger partial charge >= 0.3 is 39.5 Å². The molecule has 19 heteroatoms. The molecule has 0 aromatic heterocycles. The summed E-state index contributed by atoms with van der Waals surface area (Å²) >= 11 is 0. The van der Waals surface area contributed by atoms with Crippen molar-refractivity contribution in [3.8, 4) is 0 Å². The first kappa shape index (κ1) is 96.1. The molecule has 3 unspecified atom stereocenters. The lowest BCUT2D eigenvalue weighted by Crippen LogP contribution is -2.30. The summed E-state index contributed by atoms with van der Waals surface area (Å²) in [7, 11) is -9.92. The van der Waals surface area contributed by atoms with Crippen molar-refractivity contribution >= 4 is 39.5 Å². The highest BCUT2D eigenvalue weighted by Gasteiger charge is 2.30. The van der Waals surface area contributed by atoms with Crippen molar-refractivity contribution in [3.63, 3.8) is 0 Å². The van der Waals surface area contributed by atoms with E-state index in [1.807, 2.05) is 0 Å². The molecule has 0 fully saturated rings. The second-order valence-electron chi connectivity index (χ2n) is 30.1. The second kappa shape index (κ2) is 68.2. The number of hydrogen-bond acceptors (Lipinski definition) is 15. The second-order valence-corrected chi connectivity index (χ2v) is 33.0. The lowest BCUT2D eigenvalue weighted by molar-refractivity contribution is -0.161. The molecule has 0 heterocycles. The van der Waals surface area contributed by atoms with Gasteiger partial charge in [-0.15, -0.1) is 0 Å². The summed E-state index contributed by atoms with van der Waals surface area (Å²) in [4.78, 5) is 72.9. The van der Waals surface area contributed by atoms with Gasteiger partial charge in [0.2, 0.25) is 0 Å². The fraction of sp³-hybridized carbons (Fsp3) is 0.949. The van der Waals surface area contributed by atoms with Crippen molar-refractivity contribution in [1.82, 2.24) is 0 Å². The minimum absolute atomic E-state index is 0.104. The topological polar surface area (TPSA) is 237 Å². The lowest BCUT2D eigenvalue weighted by Gasteiger charge is -2.21. The van der Waals surface area contributed by atoms with E-state index in [1.54, 1.807) is 0 Å². The van der Waals surface area contributed by atoms with E-state index in [1.165, 1.54) is 199 Å². The zero-order chi connectivity index (χ0) is 72.4. The molecule has 0 aliphatic carbocycles. The molecule has 0 aromatic rings. The van der Waals surface area contributed by atoms with Gasteiger partial charge in [-0.25, -0.2) is 9.13 Å². The van der Waals surface area contributed by atoms with Crippen molar-refractivity contribution in [2.45, 2.75) is 420 Å². The summed E-state index contributed by atoms with van der Waals surface area (Å²) in [5.74, 6) is 0.948. The van der Waals surface area contributed by atoms with Gasteiger partial charge < -0.3 is 33.8 Å². The Morgan fingerprint density at radius 1 is 0.286 bits per heavy atom. The molecule has 0 bridgehead atoms. The molecule has 0 aromatic carbocycles. The van der Waals surface area contributed by atoms with Crippen LogP contribution in [0, 0.1) is 23.7 Å². The van der Waals surface area contributed by atoms with Crippen LogP contribution in [0.25, 0.3) is 0 Å². The fourth-order valence-electron chi connectivity index (χ4n) is 12.0. The van der Waals surface area contributed by atoms with Gasteiger partial charge in [0, 0.05) is 25.7 Å². The van der Waals surface area contributed by atoms with E-state index in [2.05, 4.69) is 55.4 Å². The molecule has 0 spiro atoms. The van der Waals surface area contributed by atoms with Crippen LogP contribution in [-0.2, 0) is 65.4 Å². The van der Waals surface area contributed by atoms with E-state index in [4.69, 9.17) is 37.0 Å². The van der Waals surface area contributed by atoms with E-state index >= 15 is 0 Å². The van der Waals surface area contributed by atoms with E-state index in [-0.39, 0.29) is 25.7 Å². The highest BCUT2D eigenvalue weighted by molar-refractivity contribution is 7.47. The predicted molar refractivity (Wildman–Crippen MR) is 400 cm³/mol. The fourth-order valence-corrected chi connectivity index (χ4v) is 13.6. The van der Waals surface area contributed by atoms with Gasteiger partial charge in [-0.05, 0) is 49.4 Å². The summed E-state index contributed by atoms with van der Waals surface area (Å²) in [5, 5.41) is 10.6. The Balaban J connectivity index is 5.21. The van der Waals surface area contributed by atoms with Crippen LogP contribution in [0.1, 0.15) is 402 Å². The molecule has 0 radical (unpaired) electrons. The Morgan fingerprint density at radius 2 is 0.490 bits per heavy atom. The minimum Gasteiger partial charge on any atom is -0.462 e. The number of rotatable bonds is 76. The van der Waals surface area contributed by atoms with Gasteiger partial charge in [-0.3, -0.25) is 37.3 Å². The number of ether oxygens (including phenoxy) is 4. The van der Waals surface area contributed by atoms with Gasteiger partial charge in [0.25, 0.3) is 0 Å². The summed E-state index contributed by atoms with van der Waals surface area (Å²) < 4.78 is 68.6. The van der Waals surface area contributed by atoms with Crippen LogP contribution in [-0.4, -0.2) is 96.7 Å². The van der Waals surface area contributed by atoms with Gasteiger partial charge in [-0.1, -0.05) is 351 Å². The molecular weight excluding hydrogens is 1280 g/mol. The quantitative estimate of drug-likeness (QED) is 0.0222. The number of esters is 4. The number of phosphoric ester groups is 2. The number of hydrogen-bond donors (Lipinski definition) is 3. The van der Waals surface area contributed by atoms with Crippen molar-refractivity contribution in [2.24, 2.45) is 23.7 Å². The first-order valence-electron chi connectivity index (χ1n) is 40.7. The summed E-state index contributed by atoms with van der Waals surface area (Å²) in [5.41, 5.74) is 0. The molecule has 6 atom stereocenters. The highest BCUT2D eigenvalue weighted by Crippen LogP contribution is 2.45. The van der Waals surface area contributed by atoms with Gasteiger partial charge in [0.1, 0.15) is 19.3 Å². The number of carbonyl (C=O) groups is 4. The first-order chi connectivity index (χ1) is 47.1. The van der Waals surface area contributed by atoms with Gasteiger partial charge in [0.05, 0.1) is 26.4 Å². The molecule has 0 rings (SSSR count).